The molecule has 29 aromatic rings. The Morgan fingerprint density at radius 2 is 0.496 bits per heavy atom. The molecule has 0 N–H and O–H groups in total. The van der Waals surface area contributed by atoms with Crippen LogP contribution in [0, 0.1) is 0 Å². The van der Waals surface area contributed by atoms with Crippen LogP contribution in [0.3, 0.4) is 0 Å². The predicted octanol–water partition coefficient (Wildman–Crippen LogP) is 35.5. The molecule has 0 aliphatic carbocycles. The predicted molar refractivity (Wildman–Crippen MR) is 590 cm³/mol. The zero-order chi connectivity index (χ0) is 91.5. The molecule has 29 rings (SSSR count). The molecule has 10 aromatic heterocycles. The summed E-state index contributed by atoms with van der Waals surface area (Å²) in [5.74, 6) is 1.63. The van der Waals surface area contributed by atoms with Crippen LogP contribution in [0.4, 0.5) is 0 Å². The van der Waals surface area contributed by atoms with E-state index in [1.165, 1.54) is 181 Å². The first-order chi connectivity index (χ1) is 68.9. The molecular weight excluding hydrogens is 1750 g/mol. The molecule has 11 heteroatoms. The first kappa shape index (κ1) is 81.0. The van der Waals surface area contributed by atoms with E-state index in [0.29, 0.717) is 0 Å². The second kappa shape index (κ2) is 33.8. The highest BCUT2D eigenvalue weighted by Crippen LogP contribution is 2.50. The van der Waals surface area contributed by atoms with Crippen LogP contribution in [0.5, 0.6) is 0 Å². The van der Waals surface area contributed by atoms with E-state index in [4.69, 9.17) is 15.0 Å². The Labute approximate surface area is 811 Å². The van der Waals surface area contributed by atoms with Crippen molar-refractivity contribution in [2.75, 3.05) is 0 Å². The Hall–Kier alpha value is -17.6. The van der Waals surface area contributed by atoms with Gasteiger partial charge >= 0.3 is 0 Å². The molecule has 0 spiro atoms. The number of pyridine rings is 2. The second-order valence-electron chi connectivity index (χ2n) is 35.4. The summed E-state index contributed by atoms with van der Waals surface area (Å²) in [6.45, 7) is 0. The summed E-state index contributed by atoms with van der Waals surface area (Å²) in [4.78, 5) is 20.1. The van der Waals surface area contributed by atoms with E-state index < -0.39 is 0 Å². The number of hydrogen-bond acceptors (Lipinski definition) is 7. The molecule has 0 saturated carbocycles. The summed E-state index contributed by atoms with van der Waals surface area (Å²) in [5, 5.41) is 18.0. The smallest absolute Gasteiger partial charge is 0.160 e. The highest BCUT2D eigenvalue weighted by Gasteiger charge is 2.25. The summed E-state index contributed by atoms with van der Waals surface area (Å²) < 4.78 is 17.4. The summed E-state index contributed by atoms with van der Waals surface area (Å²) in [6, 6.07) is 171. The van der Waals surface area contributed by atoms with Gasteiger partial charge in [0, 0.05) is 155 Å². The fraction of sp³-hybridized carbons (Fsp3) is 0. The molecule has 139 heavy (non-hydrogen) atoms. The molecule has 0 amide bonds. The van der Waals surface area contributed by atoms with Gasteiger partial charge in [-0.15, -0.1) is 34.0 Å². The molecule has 10 heterocycles. The molecule has 0 atom stereocenters. The van der Waals surface area contributed by atoms with Crippen LogP contribution in [0.25, 0.3) is 260 Å². The minimum Gasteiger partial charge on any atom is -0.309 e. The third-order valence-corrected chi connectivity index (χ3v) is 31.0. The van der Waals surface area contributed by atoms with E-state index >= 15 is 0 Å². The standard InChI is InChI=1S/C47H29N3S.C41H26N2S.C40H25N3S/c1-2-14-33(15-3-1)49-42-26-24-31(29-38(42)46-43(49)27-25-37-36-18-6-9-22-44(36)51-47(37)46)30-12-10-13-32(28-30)39-19-11-23-45(48-39)50-40-20-7-4-16-34(40)35-17-5-8-21-41(35)50;1-3-9-27(10-4-1)31-18-20-33-34-21-23-38-40(41(34)44-39(33)26-31)35-25-30(19-22-37(35)43(38)32-11-5-2-6-12-32)28-14-16-29(17-15-28)36-13-7-8-24-42-36;1-4-12-26(13-5-1)33-25-34(27-14-6-2-7-15-27)42-40(41-33)28-20-22-35-32(24-28)38-36(43(35)29-16-8-3-9-17-29)23-21-31-30-18-10-11-19-37(30)44-39(31)38/h1-29H;1-26H;1-25H. The van der Waals surface area contributed by atoms with Crippen molar-refractivity contribution in [2.24, 2.45) is 0 Å². The fourth-order valence-electron chi connectivity index (χ4n) is 21.0. The van der Waals surface area contributed by atoms with Crippen LogP contribution in [0.1, 0.15) is 0 Å². The molecule has 19 aromatic carbocycles. The van der Waals surface area contributed by atoms with Crippen LogP contribution in [-0.4, -0.2) is 38.2 Å². The summed E-state index contributed by atoms with van der Waals surface area (Å²) >= 11 is 5.67. The lowest BCUT2D eigenvalue weighted by Gasteiger charge is -2.11. The van der Waals surface area contributed by atoms with Gasteiger partial charge in [0.2, 0.25) is 0 Å². The highest BCUT2D eigenvalue weighted by molar-refractivity contribution is 7.27. The van der Waals surface area contributed by atoms with Crippen molar-refractivity contribution in [2.45, 2.75) is 0 Å². The van der Waals surface area contributed by atoms with Crippen LogP contribution >= 0.6 is 34.0 Å². The Bertz CT molecular complexity index is 9760. The van der Waals surface area contributed by atoms with Gasteiger partial charge in [0.05, 0.1) is 66.9 Å². The molecule has 0 aliphatic rings. The average Bonchev–Trinajstić information content (AvgIpc) is 1.57. The van der Waals surface area contributed by atoms with Crippen molar-refractivity contribution in [3.8, 4) is 113 Å². The molecule has 0 saturated heterocycles. The van der Waals surface area contributed by atoms with E-state index in [2.05, 4.69) is 478 Å². The van der Waals surface area contributed by atoms with E-state index in [0.717, 1.165) is 79.0 Å². The fourth-order valence-corrected chi connectivity index (χ4v) is 24.8. The van der Waals surface area contributed by atoms with Crippen molar-refractivity contribution in [3.05, 3.63) is 485 Å². The largest absolute Gasteiger partial charge is 0.309 e. The Morgan fingerprint density at radius 3 is 1.00 bits per heavy atom. The van der Waals surface area contributed by atoms with Crippen LogP contribution in [0.2, 0.25) is 0 Å². The van der Waals surface area contributed by atoms with Crippen LogP contribution in [-0.2, 0) is 0 Å². The first-order valence-corrected chi connectivity index (χ1v) is 49.4. The van der Waals surface area contributed by atoms with Gasteiger partial charge in [0.25, 0.3) is 0 Å². The molecular formula is C128H80N8S3. The number of thiophene rings is 3. The number of fused-ring (bicyclic) bond motifs is 24. The Morgan fingerprint density at radius 1 is 0.165 bits per heavy atom. The highest BCUT2D eigenvalue weighted by atomic mass is 32.1. The van der Waals surface area contributed by atoms with Gasteiger partial charge in [0.1, 0.15) is 5.82 Å². The summed E-state index contributed by atoms with van der Waals surface area (Å²) in [6.07, 6.45) is 1.84. The van der Waals surface area contributed by atoms with Crippen LogP contribution < -0.4 is 0 Å². The van der Waals surface area contributed by atoms with Crippen molar-refractivity contribution < 1.29 is 0 Å². The maximum absolute atomic E-state index is 5.26. The van der Waals surface area contributed by atoms with E-state index in [9.17, 15) is 0 Å². The second-order valence-corrected chi connectivity index (χ2v) is 38.6. The van der Waals surface area contributed by atoms with Crippen molar-refractivity contribution in [1.82, 2.24) is 38.2 Å². The van der Waals surface area contributed by atoms with Gasteiger partial charge in [-0.2, -0.15) is 0 Å². The molecule has 0 bridgehead atoms. The number of para-hydroxylation sites is 5. The van der Waals surface area contributed by atoms with Crippen LogP contribution in [0.15, 0.2) is 485 Å². The van der Waals surface area contributed by atoms with E-state index in [-0.39, 0.29) is 0 Å². The molecule has 0 radical (unpaired) electrons. The lowest BCUT2D eigenvalue weighted by atomic mass is 9.99. The van der Waals surface area contributed by atoms with E-state index in [1.54, 1.807) is 0 Å². The van der Waals surface area contributed by atoms with Gasteiger partial charge in [-0.1, -0.05) is 315 Å². The number of benzene rings is 19. The maximum Gasteiger partial charge on any atom is 0.160 e. The van der Waals surface area contributed by atoms with Gasteiger partial charge in [0.15, 0.2) is 5.82 Å². The lowest BCUT2D eigenvalue weighted by Crippen LogP contribution is -1.98. The van der Waals surface area contributed by atoms with E-state index in [1.807, 2.05) is 64.5 Å². The first-order valence-electron chi connectivity index (χ1n) is 46.9. The van der Waals surface area contributed by atoms with Gasteiger partial charge in [-0.3, -0.25) is 9.55 Å². The minimum atomic E-state index is 0.719. The van der Waals surface area contributed by atoms with Gasteiger partial charge < -0.3 is 13.7 Å². The Kier molecular flexibility index (Phi) is 19.7. The summed E-state index contributed by atoms with van der Waals surface area (Å²) in [5.41, 5.74) is 29.4. The van der Waals surface area contributed by atoms with Crippen molar-refractivity contribution in [1.29, 1.82) is 0 Å². The zero-order valence-electron chi connectivity index (χ0n) is 75.0. The lowest BCUT2D eigenvalue weighted by molar-refractivity contribution is 1.08. The third-order valence-electron chi connectivity index (χ3n) is 27.4. The number of nitrogens with zero attached hydrogens (tertiary/aromatic N) is 8. The molecule has 0 unspecified atom stereocenters. The maximum atomic E-state index is 5.26. The molecule has 0 fully saturated rings. The number of aromatic nitrogens is 8. The zero-order valence-corrected chi connectivity index (χ0v) is 77.4. The number of rotatable bonds is 12. The normalized spacial score (nSPS) is 11.7. The average molecular weight is 1830 g/mol. The monoisotopic (exact) mass is 1820 g/mol. The Balaban J connectivity index is 0.000000105. The summed E-state index contributed by atoms with van der Waals surface area (Å²) in [7, 11) is 0. The van der Waals surface area contributed by atoms with Gasteiger partial charge in [-0.05, 0) is 197 Å². The van der Waals surface area contributed by atoms with Gasteiger partial charge in [-0.25, -0.2) is 15.0 Å². The van der Waals surface area contributed by atoms with Crippen molar-refractivity contribution in [3.63, 3.8) is 0 Å². The minimum absolute atomic E-state index is 0.719. The molecule has 0 aliphatic heterocycles. The van der Waals surface area contributed by atoms with Crippen molar-refractivity contribution >= 4 is 182 Å². The quantitative estimate of drug-likeness (QED) is 0.122. The third kappa shape index (κ3) is 14.0. The topological polar surface area (TPSA) is 71.3 Å². The SMILES string of the molecule is c1ccc(-c2cc(-c3ccccc3)nc(-c3ccc4c(c3)c3c5sc6ccccc6c5ccc3n4-c3ccccc3)n2)cc1.c1ccc(-c2ccc3c(c2)sc2c3ccc3c2c2cc(-c4ccc(-c5ccccn5)cc4)ccc2n3-c2ccccc2)cc1.c1ccc(-n2c3ccc(-c4cccc(-c5cccc(-n6c7ccccc7c7ccccc76)n5)c4)cc3c3c4sc5ccccc5c4ccc32)cc1. The number of hydrogen-bond donors (Lipinski definition) is 0. The molecule has 650 valence electrons. The molecule has 8 nitrogen and oxygen atoms in total.